The second-order valence-corrected chi connectivity index (χ2v) is 3.97. The molecule has 13 heavy (non-hydrogen) atoms. The number of hydrogen-bond donors (Lipinski definition) is 1. The molecule has 4 nitrogen and oxygen atoms in total. The first-order chi connectivity index (χ1) is 6.20. The van der Waals surface area contributed by atoms with Crippen molar-refractivity contribution in [3.63, 3.8) is 0 Å². The van der Waals surface area contributed by atoms with Gasteiger partial charge >= 0.3 is 5.97 Å². The van der Waals surface area contributed by atoms with Crippen molar-refractivity contribution in [3.8, 4) is 0 Å². The Bertz CT molecular complexity index is 207. The van der Waals surface area contributed by atoms with Gasteiger partial charge < -0.3 is 9.84 Å². The molecule has 1 aliphatic heterocycles. The normalized spacial score (nSPS) is 35.2. The summed E-state index contributed by atoms with van der Waals surface area (Å²) in [5, 5.41) is 8.67. The van der Waals surface area contributed by atoms with Crippen molar-refractivity contribution in [1.82, 2.24) is 4.90 Å². The van der Waals surface area contributed by atoms with Gasteiger partial charge in [-0.3, -0.25) is 9.69 Å². The van der Waals surface area contributed by atoms with Gasteiger partial charge in [-0.15, -0.1) is 0 Å². The van der Waals surface area contributed by atoms with Crippen LogP contribution in [0.3, 0.4) is 0 Å². The fourth-order valence-electron chi connectivity index (χ4n) is 2.00. The monoisotopic (exact) mass is 185 g/mol. The number of ether oxygens (including phenoxy) is 1. The van der Waals surface area contributed by atoms with E-state index in [9.17, 15) is 4.79 Å². The largest absolute Gasteiger partial charge is 0.481 e. The lowest BCUT2D eigenvalue weighted by Crippen LogP contribution is -2.59. The topological polar surface area (TPSA) is 49.8 Å². The van der Waals surface area contributed by atoms with Gasteiger partial charge in [-0.05, 0) is 12.8 Å². The molecule has 1 aliphatic carbocycles. The van der Waals surface area contributed by atoms with Gasteiger partial charge in [0.25, 0.3) is 0 Å². The Morgan fingerprint density at radius 2 is 2.08 bits per heavy atom. The van der Waals surface area contributed by atoms with Gasteiger partial charge in [0.05, 0.1) is 12.0 Å². The molecule has 2 aliphatic rings. The minimum absolute atomic E-state index is 0.124. The summed E-state index contributed by atoms with van der Waals surface area (Å²) in [6, 6.07) is 0.584. The van der Waals surface area contributed by atoms with E-state index in [2.05, 4.69) is 4.90 Å². The molecule has 1 N–H and O–H groups in total. The molecular formula is C9H15NO3. The second kappa shape index (κ2) is 3.27. The highest BCUT2D eigenvalue weighted by molar-refractivity contribution is 5.71. The lowest BCUT2D eigenvalue weighted by Gasteiger charge is -2.48. The Hall–Kier alpha value is -0.610. The van der Waals surface area contributed by atoms with Crippen LogP contribution in [0.1, 0.15) is 12.8 Å². The minimum atomic E-state index is -0.654. The number of hydrogen-bond acceptors (Lipinski definition) is 3. The van der Waals surface area contributed by atoms with Crippen molar-refractivity contribution in [2.24, 2.45) is 5.92 Å². The highest BCUT2D eigenvalue weighted by atomic mass is 16.5. The molecule has 2 rings (SSSR count). The number of likely N-dealkylation sites (tertiary alicyclic amines) is 1. The van der Waals surface area contributed by atoms with Crippen LogP contribution in [0.25, 0.3) is 0 Å². The van der Waals surface area contributed by atoms with Gasteiger partial charge in [-0.1, -0.05) is 0 Å². The number of methoxy groups -OCH3 is 1. The molecule has 2 fully saturated rings. The van der Waals surface area contributed by atoms with Crippen LogP contribution in [0.2, 0.25) is 0 Å². The molecule has 0 aromatic rings. The second-order valence-electron chi connectivity index (χ2n) is 3.97. The molecule has 0 aromatic heterocycles. The van der Waals surface area contributed by atoms with Crippen LogP contribution in [0.15, 0.2) is 0 Å². The van der Waals surface area contributed by atoms with E-state index in [1.807, 2.05) is 0 Å². The number of carboxylic acid groups (broad SMARTS) is 1. The first-order valence-corrected chi connectivity index (χ1v) is 4.70. The lowest BCUT2D eigenvalue weighted by atomic mass is 9.84. The predicted molar refractivity (Wildman–Crippen MR) is 46.5 cm³/mol. The molecule has 4 heteroatoms. The lowest BCUT2D eigenvalue weighted by molar-refractivity contribution is -0.151. The maximum atomic E-state index is 10.5. The summed E-state index contributed by atoms with van der Waals surface area (Å²) in [6.45, 7) is 1.47. The van der Waals surface area contributed by atoms with E-state index in [0.717, 1.165) is 25.9 Å². The Balaban J connectivity index is 1.68. The highest BCUT2D eigenvalue weighted by Crippen LogP contribution is 2.32. The first kappa shape index (κ1) is 8.97. The van der Waals surface area contributed by atoms with Crippen LogP contribution in [-0.2, 0) is 9.53 Å². The van der Waals surface area contributed by atoms with E-state index in [0.29, 0.717) is 12.1 Å². The zero-order valence-electron chi connectivity index (χ0n) is 7.77. The quantitative estimate of drug-likeness (QED) is 0.681. The van der Waals surface area contributed by atoms with E-state index in [4.69, 9.17) is 9.84 Å². The fourth-order valence-corrected chi connectivity index (χ4v) is 2.00. The molecule has 0 radical (unpaired) electrons. The fraction of sp³-hybridized carbons (Fsp3) is 0.889. The van der Waals surface area contributed by atoms with E-state index in [1.165, 1.54) is 0 Å². The van der Waals surface area contributed by atoms with Crippen molar-refractivity contribution in [2.45, 2.75) is 25.0 Å². The summed E-state index contributed by atoms with van der Waals surface area (Å²) in [4.78, 5) is 12.8. The molecule has 1 saturated heterocycles. The maximum absolute atomic E-state index is 10.5. The average Bonchev–Trinajstić information content (AvgIpc) is 1.89. The molecular weight excluding hydrogens is 170 g/mol. The zero-order chi connectivity index (χ0) is 9.42. The smallest absolute Gasteiger partial charge is 0.309 e. The molecule has 74 valence electrons. The van der Waals surface area contributed by atoms with Crippen molar-refractivity contribution < 1.29 is 14.6 Å². The van der Waals surface area contributed by atoms with Crippen LogP contribution in [-0.4, -0.2) is 48.3 Å². The van der Waals surface area contributed by atoms with Crippen LogP contribution >= 0.6 is 0 Å². The number of rotatable bonds is 3. The van der Waals surface area contributed by atoms with Gasteiger partial charge in [-0.25, -0.2) is 0 Å². The van der Waals surface area contributed by atoms with E-state index in [1.54, 1.807) is 7.11 Å². The van der Waals surface area contributed by atoms with E-state index in [-0.39, 0.29) is 5.92 Å². The van der Waals surface area contributed by atoms with Crippen molar-refractivity contribution >= 4 is 5.97 Å². The molecule has 0 amide bonds. The summed E-state index contributed by atoms with van der Waals surface area (Å²) < 4.78 is 5.17. The predicted octanol–water partition coefficient (Wildman–Crippen LogP) is 0.180. The summed E-state index contributed by atoms with van der Waals surface area (Å²) >= 11 is 0. The van der Waals surface area contributed by atoms with Crippen molar-refractivity contribution in [2.75, 3.05) is 20.2 Å². The molecule has 0 bridgehead atoms. The van der Waals surface area contributed by atoms with Crippen LogP contribution in [0, 0.1) is 5.92 Å². The summed E-state index contributed by atoms with van der Waals surface area (Å²) in [5.74, 6) is -0.777. The van der Waals surface area contributed by atoms with Gasteiger partial charge in [0.2, 0.25) is 0 Å². The molecule has 0 spiro atoms. The minimum Gasteiger partial charge on any atom is -0.481 e. The summed E-state index contributed by atoms with van der Waals surface area (Å²) in [6.07, 6.45) is 2.56. The number of nitrogens with zero attached hydrogens (tertiary/aromatic N) is 1. The Morgan fingerprint density at radius 1 is 1.46 bits per heavy atom. The number of carbonyl (C=O) groups is 1. The highest BCUT2D eigenvalue weighted by Gasteiger charge is 2.42. The Morgan fingerprint density at radius 3 is 2.54 bits per heavy atom. The van der Waals surface area contributed by atoms with Crippen molar-refractivity contribution in [1.29, 1.82) is 0 Å². The molecule has 1 saturated carbocycles. The van der Waals surface area contributed by atoms with Gasteiger partial charge in [-0.2, -0.15) is 0 Å². The van der Waals surface area contributed by atoms with E-state index >= 15 is 0 Å². The molecule has 0 atom stereocenters. The van der Waals surface area contributed by atoms with Crippen LogP contribution in [0.4, 0.5) is 0 Å². The maximum Gasteiger partial charge on any atom is 0.309 e. The Labute approximate surface area is 77.5 Å². The SMILES string of the molecule is COC1CC(N2CC(C(=O)O)C2)C1. The summed E-state index contributed by atoms with van der Waals surface area (Å²) in [5.41, 5.74) is 0. The van der Waals surface area contributed by atoms with Gasteiger partial charge in [0.1, 0.15) is 0 Å². The van der Waals surface area contributed by atoms with Gasteiger partial charge in [0.15, 0.2) is 0 Å². The first-order valence-electron chi connectivity index (χ1n) is 4.70. The third kappa shape index (κ3) is 1.56. The third-order valence-corrected chi connectivity index (χ3v) is 3.18. The van der Waals surface area contributed by atoms with Crippen LogP contribution in [0.5, 0.6) is 0 Å². The Kier molecular flexibility index (Phi) is 2.26. The van der Waals surface area contributed by atoms with Crippen molar-refractivity contribution in [3.05, 3.63) is 0 Å². The molecule has 0 unspecified atom stereocenters. The third-order valence-electron chi connectivity index (χ3n) is 3.18. The standard InChI is InChI=1S/C9H15NO3/c1-13-8-2-7(3-8)10-4-6(5-10)9(11)12/h6-8H,2-5H2,1H3,(H,11,12). The zero-order valence-corrected chi connectivity index (χ0v) is 7.77. The average molecular weight is 185 g/mol. The molecule has 0 aromatic carbocycles. The van der Waals surface area contributed by atoms with Gasteiger partial charge in [0, 0.05) is 26.2 Å². The van der Waals surface area contributed by atoms with Crippen LogP contribution < -0.4 is 0 Å². The summed E-state index contributed by atoms with van der Waals surface area (Å²) in [7, 11) is 1.73. The number of aliphatic carboxylic acids is 1. The van der Waals surface area contributed by atoms with E-state index < -0.39 is 5.97 Å². The molecule has 1 heterocycles. The number of carboxylic acids is 1.